The summed E-state index contributed by atoms with van der Waals surface area (Å²) in [5.41, 5.74) is 4.07. The maximum atomic E-state index is 17.7. The van der Waals surface area contributed by atoms with Gasteiger partial charge in [0.25, 0.3) is 0 Å². The molecule has 14 nitrogen and oxygen atoms in total. The first-order valence-electron chi connectivity index (χ1n) is 22.2. The highest BCUT2D eigenvalue weighted by Crippen LogP contribution is 2.43. The minimum absolute atomic E-state index is 0.0248. The van der Waals surface area contributed by atoms with Gasteiger partial charge in [0.1, 0.15) is 53.6 Å². The number of carbonyl (C=O) groups is 3. The SMILES string of the molecule is CC[C@H](C)[C@@H](NC(=O)[C@@H](N)C(C)C)C(=O)Oc1cc2c3c(c(F)ccc3c1)CCCOC(=O)N[C@]1(C)C[C@@H](F)CN(C1)c1nc(OC[C@@]34CCCN3C[C@H](F)C4)nc3c(F)c-2ncc13. The average molecular weight is 893 g/mol. The number of alkyl carbamates (subject to hydrolysis) is 1. The van der Waals surface area contributed by atoms with Crippen molar-refractivity contribution in [3.63, 3.8) is 0 Å². The van der Waals surface area contributed by atoms with E-state index in [1.54, 1.807) is 32.6 Å². The predicted molar refractivity (Wildman–Crippen MR) is 232 cm³/mol. The fraction of sp³-hybridized carbons (Fsp3) is 0.565. The second-order valence-corrected chi connectivity index (χ2v) is 18.6. The lowest BCUT2D eigenvalue weighted by molar-refractivity contribution is -0.141. The molecule has 2 amide bonds. The number of anilines is 1. The first-order valence-corrected chi connectivity index (χ1v) is 22.2. The Labute approximate surface area is 369 Å². The number of nitrogens with two attached hydrogens (primary N) is 1. The molecule has 6 bridgehead atoms. The van der Waals surface area contributed by atoms with Crippen molar-refractivity contribution in [3.05, 3.63) is 47.7 Å². The molecular weight excluding hydrogens is 837 g/mol. The average Bonchev–Trinajstić information content (AvgIpc) is 3.78. The lowest BCUT2D eigenvalue weighted by atomic mass is 9.90. The molecule has 7 atom stereocenters. The number of hydrogen-bond acceptors (Lipinski definition) is 12. The molecule has 64 heavy (non-hydrogen) atoms. The van der Waals surface area contributed by atoms with Crippen LogP contribution in [0.1, 0.15) is 78.7 Å². The standard InChI is InChI=1S/C46H56F4N8O6/c1-6-25(4)37(53-41(59)36(51)24(2)3)42(60)64-29-15-26-10-11-33(49)30-9-7-14-62-44(61)56-45(5)17-27(47)20-57(22-45)40-32-19-52-38(31(16-29)34(26)30)35(50)39(32)54-43(55-40)63-23-46-12-8-13-58(46)21-28(48)18-46/h10-11,15-16,19,24-25,27-28,36-37H,6-9,12-14,17-18,20-23,51H2,1-5H3,(H,53,59)(H,56,61)/t25-,27+,28+,36-,37+,45+,46-/m0/s1. The Morgan fingerprint density at radius 3 is 2.64 bits per heavy atom. The number of aromatic nitrogens is 3. The number of amides is 2. The molecule has 4 N–H and O–H groups in total. The van der Waals surface area contributed by atoms with Crippen molar-refractivity contribution in [2.45, 2.75) is 115 Å². The lowest BCUT2D eigenvalue weighted by Crippen LogP contribution is -2.60. The van der Waals surface area contributed by atoms with Gasteiger partial charge in [-0.1, -0.05) is 40.2 Å². The number of halogens is 4. The minimum atomic E-state index is -1.45. The van der Waals surface area contributed by atoms with Gasteiger partial charge in [-0.05, 0) is 85.5 Å². The van der Waals surface area contributed by atoms with Crippen LogP contribution in [-0.2, 0) is 20.7 Å². The fourth-order valence-electron chi connectivity index (χ4n) is 9.83. The molecule has 0 unspecified atom stereocenters. The van der Waals surface area contributed by atoms with E-state index in [0.717, 1.165) is 6.42 Å². The van der Waals surface area contributed by atoms with E-state index < -0.39 is 65.1 Å². The first kappa shape index (κ1) is 45.2. The largest absolute Gasteiger partial charge is 0.461 e. The number of ether oxygens (including phenoxy) is 3. The molecule has 9 rings (SSSR count). The molecule has 5 aliphatic rings. The van der Waals surface area contributed by atoms with Crippen LogP contribution in [0.25, 0.3) is 32.9 Å². The van der Waals surface area contributed by atoms with Crippen molar-refractivity contribution in [2.24, 2.45) is 17.6 Å². The van der Waals surface area contributed by atoms with Gasteiger partial charge in [0.15, 0.2) is 5.82 Å². The molecule has 0 saturated carbocycles. The topological polar surface area (TPSA) is 174 Å². The van der Waals surface area contributed by atoms with Crippen LogP contribution in [0.3, 0.4) is 0 Å². The number of aryl methyl sites for hydroxylation is 1. The Hall–Kier alpha value is -5.36. The van der Waals surface area contributed by atoms with E-state index in [-0.39, 0.29) is 121 Å². The van der Waals surface area contributed by atoms with Gasteiger partial charge >= 0.3 is 18.1 Å². The molecule has 7 heterocycles. The van der Waals surface area contributed by atoms with Crippen LogP contribution in [0.5, 0.6) is 11.8 Å². The van der Waals surface area contributed by atoms with Crippen molar-refractivity contribution in [3.8, 4) is 23.0 Å². The Kier molecular flexibility index (Phi) is 12.6. The van der Waals surface area contributed by atoms with Crippen LogP contribution in [0.15, 0.2) is 30.5 Å². The summed E-state index contributed by atoms with van der Waals surface area (Å²) in [6.07, 6.45) is 0.539. The molecule has 0 aliphatic carbocycles. The van der Waals surface area contributed by atoms with E-state index in [1.165, 1.54) is 30.5 Å². The van der Waals surface area contributed by atoms with Crippen LogP contribution in [0, 0.1) is 23.5 Å². The fourth-order valence-corrected chi connectivity index (χ4v) is 9.83. The van der Waals surface area contributed by atoms with E-state index in [0.29, 0.717) is 24.8 Å². The summed E-state index contributed by atoms with van der Waals surface area (Å²) >= 11 is 0. The summed E-state index contributed by atoms with van der Waals surface area (Å²) in [7, 11) is 0. The first-order chi connectivity index (χ1) is 30.5. The number of fused-ring (bicyclic) bond motifs is 7. The molecule has 0 radical (unpaired) electrons. The highest BCUT2D eigenvalue weighted by Gasteiger charge is 2.49. The molecule has 4 aromatic rings. The number of nitrogens with zero attached hydrogens (tertiary/aromatic N) is 5. The smallest absolute Gasteiger partial charge is 0.407 e. The lowest BCUT2D eigenvalue weighted by Gasteiger charge is -2.42. The number of esters is 1. The zero-order chi connectivity index (χ0) is 45.7. The van der Waals surface area contributed by atoms with Crippen molar-refractivity contribution >= 4 is 45.5 Å². The molecule has 5 aliphatic heterocycles. The van der Waals surface area contributed by atoms with Crippen LogP contribution in [-0.4, -0.2) is 113 Å². The summed E-state index contributed by atoms with van der Waals surface area (Å²) in [6, 6.07) is 3.42. The van der Waals surface area contributed by atoms with Gasteiger partial charge in [0.2, 0.25) is 5.91 Å². The Morgan fingerprint density at radius 2 is 1.88 bits per heavy atom. The van der Waals surface area contributed by atoms with E-state index in [1.807, 2.05) is 6.92 Å². The van der Waals surface area contributed by atoms with Crippen molar-refractivity contribution in [2.75, 3.05) is 44.3 Å². The van der Waals surface area contributed by atoms with Gasteiger partial charge in [0, 0.05) is 37.7 Å². The van der Waals surface area contributed by atoms with Crippen molar-refractivity contribution < 1.29 is 46.2 Å². The number of pyridine rings is 1. The number of piperidine rings is 1. The maximum absolute atomic E-state index is 17.7. The van der Waals surface area contributed by atoms with Gasteiger partial charge in [0.05, 0.1) is 35.7 Å². The van der Waals surface area contributed by atoms with Crippen LogP contribution < -0.4 is 30.7 Å². The summed E-state index contributed by atoms with van der Waals surface area (Å²) in [5, 5.41) is 6.29. The monoisotopic (exact) mass is 892 g/mol. The number of benzene rings is 2. The van der Waals surface area contributed by atoms with E-state index in [9.17, 15) is 18.8 Å². The maximum Gasteiger partial charge on any atom is 0.407 e. The third-order valence-electron chi connectivity index (χ3n) is 13.4. The van der Waals surface area contributed by atoms with Crippen molar-refractivity contribution in [1.82, 2.24) is 30.5 Å². The number of carbonyl (C=O) groups excluding carboxylic acids is 3. The second kappa shape index (κ2) is 17.9. The van der Waals surface area contributed by atoms with Crippen molar-refractivity contribution in [1.29, 1.82) is 0 Å². The third-order valence-corrected chi connectivity index (χ3v) is 13.4. The zero-order valence-corrected chi connectivity index (χ0v) is 36.8. The number of nitrogens with one attached hydrogen (secondary N) is 2. The Morgan fingerprint density at radius 1 is 1.09 bits per heavy atom. The molecule has 3 fully saturated rings. The molecule has 0 spiro atoms. The molecule has 3 saturated heterocycles. The van der Waals surface area contributed by atoms with E-state index in [2.05, 4.69) is 25.5 Å². The highest BCUT2D eigenvalue weighted by molar-refractivity contribution is 6.02. The van der Waals surface area contributed by atoms with Gasteiger partial charge in [-0.3, -0.25) is 14.7 Å². The predicted octanol–water partition coefficient (Wildman–Crippen LogP) is 6.48. The number of hydrogen-bond donors (Lipinski definition) is 3. The quantitative estimate of drug-likeness (QED) is 0.0901. The summed E-state index contributed by atoms with van der Waals surface area (Å²) in [4.78, 5) is 57.8. The second-order valence-electron chi connectivity index (χ2n) is 18.6. The zero-order valence-electron chi connectivity index (χ0n) is 36.8. The number of alkyl halides is 2. The van der Waals surface area contributed by atoms with Gasteiger partial charge < -0.3 is 35.5 Å². The molecule has 344 valence electrons. The van der Waals surface area contributed by atoms with E-state index in [4.69, 9.17) is 24.9 Å². The van der Waals surface area contributed by atoms with Crippen LogP contribution in [0.2, 0.25) is 0 Å². The van der Waals surface area contributed by atoms with Gasteiger partial charge in [-0.25, -0.2) is 27.2 Å². The van der Waals surface area contributed by atoms with Crippen LogP contribution in [0.4, 0.5) is 28.2 Å². The molecular formula is C46H56F4N8O6. The van der Waals surface area contributed by atoms with E-state index >= 15 is 13.2 Å². The normalized spacial score (nSPS) is 25.2. The summed E-state index contributed by atoms with van der Waals surface area (Å²) < 4.78 is 82.1. The number of rotatable bonds is 10. The molecule has 2 aromatic carbocycles. The van der Waals surface area contributed by atoms with Gasteiger partial charge in [-0.2, -0.15) is 9.97 Å². The highest BCUT2D eigenvalue weighted by atomic mass is 19.1. The molecule has 18 heteroatoms. The van der Waals surface area contributed by atoms with Crippen LogP contribution >= 0.6 is 0 Å². The Bertz CT molecular complexity index is 2460. The molecule has 2 aromatic heterocycles. The third kappa shape index (κ3) is 8.87. The summed E-state index contributed by atoms with van der Waals surface area (Å²) in [6.45, 7) is 9.69. The minimum Gasteiger partial charge on any atom is -0.461 e. The summed E-state index contributed by atoms with van der Waals surface area (Å²) in [5.74, 6) is -3.39. The van der Waals surface area contributed by atoms with Gasteiger partial charge in [-0.15, -0.1) is 0 Å². The Balaban J connectivity index is 1.28.